The van der Waals surface area contributed by atoms with Crippen LogP contribution in [0.3, 0.4) is 0 Å². The quantitative estimate of drug-likeness (QED) is 0.668. The Morgan fingerprint density at radius 2 is 2.44 bits per heavy atom. The van der Waals surface area contributed by atoms with Crippen molar-refractivity contribution in [3.05, 3.63) is 27.4 Å². The molecule has 0 radical (unpaired) electrons. The summed E-state index contributed by atoms with van der Waals surface area (Å²) in [5.74, 6) is 1.02. The van der Waals surface area contributed by atoms with E-state index in [1.807, 2.05) is 4.90 Å². The van der Waals surface area contributed by atoms with Gasteiger partial charge >= 0.3 is 0 Å². The third-order valence-electron chi connectivity index (χ3n) is 3.14. The Morgan fingerprint density at radius 1 is 1.67 bits per heavy atom. The summed E-state index contributed by atoms with van der Waals surface area (Å²) < 4.78 is 0. The summed E-state index contributed by atoms with van der Waals surface area (Å²) in [5.41, 5.74) is -0.102. The maximum Gasteiger partial charge on any atom is 0.289 e. The number of anilines is 1. The molecule has 2 rings (SSSR count). The van der Waals surface area contributed by atoms with E-state index in [9.17, 15) is 10.1 Å². The summed E-state index contributed by atoms with van der Waals surface area (Å²) in [7, 11) is 0. The van der Waals surface area contributed by atoms with Crippen LogP contribution in [0.1, 0.15) is 12.8 Å². The van der Waals surface area contributed by atoms with E-state index in [1.165, 1.54) is 12.3 Å². The normalized spacial score (nSPS) is 19.2. The standard InChI is InChI=1S/C11H14ClN3O3/c12-10-5-9(15(17)18)6-13-11(10)14-3-1-8(7-14)2-4-16/h5-6,8,16H,1-4,7H2/t8-/m1/s1. The first kappa shape index (κ1) is 13.0. The molecule has 98 valence electrons. The van der Waals surface area contributed by atoms with Gasteiger partial charge in [0.25, 0.3) is 5.69 Å². The zero-order valence-corrected chi connectivity index (χ0v) is 10.5. The van der Waals surface area contributed by atoms with E-state index < -0.39 is 4.92 Å². The molecule has 1 saturated heterocycles. The Morgan fingerprint density at radius 3 is 3.06 bits per heavy atom. The molecule has 0 aliphatic carbocycles. The molecular weight excluding hydrogens is 258 g/mol. The van der Waals surface area contributed by atoms with Gasteiger partial charge in [0.15, 0.2) is 0 Å². The highest BCUT2D eigenvalue weighted by Crippen LogP contribution is 2.31. The summed E-state index contributed by atoms with van der Waals surface area (Å²) >= 11 is 6.02. The third-order valence-corrected chi connectivity index (χ3v) is 3.42. The number of aliphatic hydroxyl groups excluding tert-OH is 1. The van der Waals surface area contributed by atoms with E-state index >= 15 is 0 Å². The van der Waals surface area contributed by atoms with Crippen molar-refractivity contribution in [3.63, 3.8) is 0 Å². The van der Waals surface area contributed by atoms with Gasteiger partial charge in [-0.3, -0.25) is 10.1 Å². The van der Waals surface area contributed by atoms with Crippen molar-refractivity contribution in [2.75, 3.05) is 24.6 Å². The van der Waals surface area contributed by atoms with Crippen LogP contribution in [0.15, 0.2) is 12.3 Å². The highest BCUT2D eigenvalue weighted by atomic mass is 35.5. The lowest BCUT2D eigenvalue weighted by Crippen LogP contribution is -2.21. The summed E-state index contributed by atoms with van der Waals surface area (Å²) in [6, 6.07) is 1.32. The molecular formula is C11H14ClN3O3. The fourth-order valence-corrected chi connectivity index (χ4v) is 2.48. The van der Waals surface area contributed by atoms with Gasteiger partial charge in [0.1, 0.15) is 12.0 Å². The van der Waals surface area contributed by atoms with Crippen LogP contribution >= 0.6 is 11.6 Å². The molecule has 1 fully saturated rings. The smallest absolute Gasteiger partial charge is 0.289 e. The predicted octanol–water partition coefficient (Wildman–Crippen LogP) is 1.85. The van der Waals surface area contributed by atoms with Gasteiger partial charge in [-0.15, -0.1) is 0 Å². The second kappa shape index (κ2) is 5.49. The number of halogens is 1. The van der Waals surface area contributed by atoms with Gasteiger partial charge in [-0.1, -0.05) is 11.6 Å². The lowest BCUT2D eigenvalue weighted by molar-refractivity contribution is -0.385. The maximum atomic E-state index is 10.6. The molecule has 1 aliphatic heterocycles. The molecule has 1 N–H and O–H groups in total. The fraction of sp³-hybridized carbons (Fsp3) is 0.545. The number of nitro groups is 1. The summed E-state index contributed by atoms with van der Waals surface area (Å²) in [6.45, 7) is 1.78. The molecule has 2 heterocycles. The van der Waals surface area contributed by atoms with E-state index in [-0.39, 0.29) is 12.3 Å². The Kier molecular flexibility index (Phi) is 3.98. The van der Waals surface area contributed by atoms with E-state index in [4.69, 9.17) is 16.7 Å². The predicted molar refractivity (Wildman–Crippen MR) is 67.9 cm³/mol. The van der Waals surface area contributed by atoms with Crippen LogP contribution in [0.25, 0.3) is 0 Å². The largest absolute Gasteiger partial charge is 0.396 e. The zero-order valence-electron chi connectivity index (χ0n) is 9.75. The van der Waals surface area contributed by atoms with Gasteiger partial charge in [-0.2, -0.15) is 0 Å². The lowest BCUT2D eigenvalue weighted by atomic mass is 10.1. The molecule has 6 nitrogen and oxygen atoms in total. The highest BCUT2D eigenvalue weighted by molar-refractivity contribution is 6.33. The molecule has 0 aromatic carbocycles. The molecule has 0 bridgehead atoms. The first-order valence-electron chi connectivity index (χ1n) is 5.77. The molecule has 0 amide bonds. The minimum absolute atomic E-state index is 0.102. The molecule has 7 heteroatoms. The summed E-state index contributed by atoms with van der Waals surface area (Å²) in [4.78, 5) is 16.1. The Bertz CT molecular complexity index is 455. The Balaban J connectivity index is 2.12. The van der Waals surface area contributed by atoms with E-state index in [0.29, 0.717) is 16.8 Å². The Hall–Kier alpha value is -1.40. The van der Waals surface area contributed by atoms with Crippen molar-refractivity contribution >= 4 is 23.1 Å². The van der Waals surface area contributed by atoms with Gasteiger partial charge in [-0.05, 0) is 18.8 Å². The van der Waals surface area contributed by atoms with E-state index in [2.05, 4.69) is 4.98 Å². The Labute approximate surface area is 109 Å². The van der Waals surface area contributed by atoms with Crippen LogP contribution in [0.4, 0.5) is 11.5 Å². The van der Waals surface area contributed by atoms with Crippen molar-refractivity contribution in [2.24, 2.45) is 5.92 Å². The van der Waals surface area contributed by atoms with Gasteiger partial charge < -0.3 is 10.0 Å². The van der Waals surface area contributed by atoms with Crippen LogP contribution in [0, 0.1) is 16.0 Å². The van der Waals surface area contributed by atoms with Crippen molar-refractivity contribution in [3.8, 4) is 0 Å². The fourth-order valence-electron chi connectivity index (χ4n) is 2.20. The second-order valence-electron chi connectivity index (χ2n) is 4.37. The molecule has 1 atom stereocenters. The van der Waals surface area contributed by atoms with Gasteiger partial charge in [-0.25, -0.2) is 4.98 Å². The van der Waals surface area contributed by atoms with Crippen LogP contribution in [0.5, 0.6) is 0 Å². The first-order chi connectivity index (χ1) is 8.61. The number of nitrogens with zero attached hydrogens (tertiary/aromatic N) is 3. The number of rotatable bonds is 4. The third kappa shape index (κ3) is 2.70. The number of hydrogen-bond donors (Lipinski definition) is 1. The van der Waals surface area contributed by atoms with Gasteiger partial charge in [0.05, 0.1) is 9.95 Å². The molecule has 1 aliphatic rings. The van der Waals surface area contributed by atoms with Crippen LogP contribution < -0.4 is 4.90 Å². The molecule has 1 aromatic rings. The van der Waals surface area contributed by atoms with Crippen molar-refractivity contribution in [1.29, 1.82) is 0 Å². The average molecular weight is 272 g/mol. The maximum absolute atomic E-state index is 10.6. The van der Waals surface area contributed by atoms with Crippen LogP contribution in [-0.4, -0.2) is 34.7 Å². The minimum Gasteiger partial charge on any atom is -0.396 e. The molecule has 0 unspecified atom stereocenters. The molecule has 0 spiro atoms. The summed E-state index contributed by atoms with van der Waals surface area (Å²) in [6.07, 6.45) is 2.97. The van der Waals surface area contributed by atoms with E-state index in [1.54, 1.807) is 0 Å². The van der Waals surface area contributed by atoms with Gasteiger partial charge in [0, 0.05) is 25.8 Å². The average Bonchev–Trinajstić information content (AvgIpc) is 2.77. The SMILES string of the molecule is O=[N+]([O-])c1cnc(N2CC[C@H](CCO)C2)c(Cl)c1. The highest BCUT2D eigenvalue weighted by Gasteiger charge is 2.25. The zero-order chi connectivity index (χ0) is 13.1. The van der Waals surface area contributed by atoms with Crippen LogP contribution in [-0.2, 0) is 0 Å². The first-order valence-corrected chi connectivity index (χ1v) is 6.15. The molecule has 1 aromatic heterocycles. The summed E-state index contributed by atoms with van der Waals surface area (Å²) in [5, 5.41) is 19.8. The number of aromatic nitrogens is 1. The van der Waals surface area contributed by atoms with Crippen LogP contribution in [0.2, 0.25) is 5.02 Å². The number of pyridine rings is 1. The van der Waals surface area contributed by atoms with Crippen molar-refractivity contribution in [1.82, 2.24) is 4.98 Å². The number of hydrogen-bond acceptors (Lipinski definition) is 5. The topological polar surface area (TPSA) is 79.5 Å². The minimum atomic E-state index is -0.513. The second-order valence-corrected chi connectivity index (χ2v) is 4.78. The lowest BCUT2D eigenvalue weighted by Gasteiger charge is -2.18. The molecule has 18 heavy (non-hydrogen) atoms. The molecule has 0 saturated carbocycles. The van der Waals surface area contributed by atoms with Crippen molar-refractivity contribution < 1.29 is 10.0 Å². The number of aliphatic hydroxyl groups is 1. The van der Waals surface area contributed by atoms with E-state index in [0.717, 1.165) is 25.9 Å². The monoisotopic (exact) mass is 271 g/mol. The van der Waals surface area contributed by atoms with Gasteiger partial charge in [0.2, 0.25) is 0 Å². The van der Waals surface area contributed by atoms with Crippen molar-refractivity contribution in [2.45, 2.75) is 12.8 Å².